The van der Waals surface area contributed by atoms with Crippen molar-refractivity contribution in [2.45, 2.75) is 26.3 Å². The van der Waals surface area contributed by atoms with Crippen LogP contribution in [0.3, 0.4) is 0 Å². The number of carbonyl (C=O) groups is 1. The number of nitrogens with one attached hydrogen (secondary N) is 1. The summed E-state index contributed by atoms with van der Waals surface area (Å²) in [5.74, 6) is -0.289. The number of benzene rings is 1. The zero-order chi connectivity index (χ0) is 11.7. The van der Waals surface area contributed by atoms with E-state index in [0.717, 1.165) is 18.5 Å². The molecule has 2 rings (SSSR count). The van der Waals surface area contributed by atoms with Gasteiger partial charge in [0.15, 0.2) is 5.78 Å². The summed E-state index contributed by atoms with van der Waals surface area (Å²) in [5.41, 5.74) is 1.38. The molecular weight excluding hydrogens is 205 g/mol. The average Bonchev–Trinajstić information content (AvgIpc) is 2.67. The standard InChI is InChI=1S/C13H16FNO/c1-8-3-4-10(14)7-12(8)13(16)11-5-6-15-9(11)2/h3-4,7,9,11,15H,5-6H2,1-2H3. The molecule has 86 valence electrons. The maximum Gasteiger partial charge on any atom is 0.167 e. The highest BCUT2D eigenvalue weighted by Crippen LogP contribution is 2.23. The van der Waals surface area contributed by atoms with Crippen molar-refractivity contribution in [2.75, 3.05) is 6.54 Å². The molecule has 1 heterocycles. The fourth-order valence-electron chi connectivity index (χ4n) is 2.28. The maximum absolute atomic E-state index is 13.1. The predicted molar refractivity (Wildman–Crippen MR) is 61.0 cm³/mol. The second-order valence-electron chi connectivity index (χ2n) is 4.46. The molecule has 2 nitrogen and oxygen atoms in total. The highest BCUT2D eigenvalue weighted by atomic mass is 19.1. The summed E-state index contributed by atoms with van der Waals surface area (Å²) in [7, 11) is 0. The van der Waals surface area contributed by atoms with Crippen molar-refractivity contribution in [1.82, 2.24) is 5.32 Å². The lowest BCUT2D eigenvalue weighted by atomic mass is 9.90. The number of hydrogen-bond donors (Lipinski definition) is 1. The Morgan fingerprint density at radius 3 is 2.88 bits per heavy atom. The smallest absolute Gasteiger partial charge is 0.167 e. The molecule has 0 spiro atoms. The molecule has 0 aromatic heterocycles. The van der Waals surface area contributed by atoms with Crippen molar-refractivity contribution in [2.24, 2.45) is 5.92 Å². The van der Waals surface area contributed by atoms with Crippen LogP contribution in [-0.4, -0.2) is 18.4 Å². The fourth-order valence-corrected chi connectivity index (χ4v) is 2.28. The van der Waals surface area contributed by atoms with Crippen LogP contribution in [0.2, 0.25) is 0 Å². The minimum Gasteiger partial charge on any atom is -0.313 e. The first kappa shape index (κ1) is 11.3. The minimum atomic E-state index is -0.340. The molecule has 0 radical (unpaired) electrons. The molecule has 2 atom stereocenters. The summed E-state index contributed by atoms with van der Waals surface area (Å²) < 4.78 is 13.1. The Balaban J connectivity index is 2.29. The first-order chi connectivity index (χ1) is 7.59. The van der Waals surface area contributed by atoms with Crippen LogP contribution in [0.1, 0.15) is 29.3 Å². The number of carbonyl (C=O) groups excluding carboxylic acids is 1. The lowest BCUT2D eigenvalue weighted by Gasteiger charge is -2.15. The Morgan fingerprint density at radius 1 is 1.50 bits per heavy atom. The van der Waals surface area contributed by atoms with E-state index in [1.165, 1.54) is 12.1 Å². The molecule has 2 unspecified atom stereocenters. The monoisotopic (exact) mass is 221 g/mol. The number of rotatable bonds is 2. The third kappa shape index (κ3) is 2.00. The van der Waals surface area contributed by atoms with E-state index in [0.29, 0.717) is 5.56 Å². The molecule has 1 aliphatic rings. The summed E-state index contributed by atoms with van der Waals surface area (Å²) in [6.07, 6.45) is 0.843. The lowest BCUT2D eigenvalue weighted by Crippen LogP contribution is -2.28. The molecular formula is C13H16FNO. The van der Waals surface area contributed by atoms with Crippen molar-refractivity contribution in [3.8, 4) is 0 Å². The van der Waals surface area contributed by atoms with Crippen LogP contribution in [0, 0.1) is 18.7 Å². The van der Waals surface area contributed by atoms with Crippen molar-refractivity contribution in [3.05, 3.63) is 35.1 Å². The summed E-state index contributed by atoms with van der Waals surface area (Å²) >= 11 is 0. The third-order valence-corrected chi connectivity index (χ3v) is 3.33. The normalized spacial score (nSPS) is 24.7. The maximum atomic E-state index is 13.1. The fraction of sp³-hybridized carbons (Fsp3) is 0.462. The quantitative estimate of drug-likeness (QED) is 0.776. The van der Waals surface area contributed by atoms with Crippen LogP contribution >= 0.6 is 0 Å². The van der Waals surface area contributed by atoms with Gasteiger partial charge in [-0.15, -0.1) is 0 Å². The topological polar surface area (TPSA) is 29.1 Å². The predicted octanol–water partition coefficient (Wildman–Crippen LogP) is 2.31. The SMILES string of the molecule is Cc1ccc(F)cc1C(=O)C1CCNC1C. The van der Waals surface area contributed by atoms with Gasteiger partial charge in [-0.2, -0.15) is 0 Å². The Bertz CT molecular complexity index is 416. The molecule has 1 fully saturated rings. The number of ketones is 1. The Labute approximate surface area is 94.9 Å². The molecule has 1 aromatic carbocycles. The van der Waals surface area contributed by atoms with Crippen LogP contribution in [0.25, 0.3) is 0 Å². The van der Waals surface area contributed by atoms with Gasteiger partial charge in [-0.05, 0) is 44.5 Å². The van der Waals surface area contributed by atoms with Gasteiger partial charge in [0.05, 0.1) is 0 Å². The molecule has 1 aromatic rings. The molecule has 16 heavy (non-hydrogen) atoms. The molecule has 0 aliphatic carbocycles. The van der Waals surface area contributed by atoms with Crippen LogP contribution in [0.5, 0.6) is 0 Å². The highest BCUT2D eigenvalue weighted by molar-refractivity contribution is 5.99. The van der Waals surface area contributed by atoms with Crippen molar-refractivity contribution in [1.29, 1.82) is 0 Å². The summed E-state index contributed by atoms with van der Waals surface area (Å²) in [6.45, 7) is 4.72. The van der Waals surface area contributed by atoms with E-state index in [-0.39, 0.29) is 23.6 Å². The van der Waals surface area contributed by atoms with Gasteiger partial charge in [0.1, 0.15) is 5.82 Å². The summed E-state index contributed by atoms with van der Waals surface area (Å²) in [5, 5.41) is 3.24. The lowest BCUT2D eigenvalue weighted by molar-refractivity contribution is 0.0913. The van der Waals surface area contributed by atoms with Crippen LogP contribution < -0.4 is 5.32 Å². The molecule has 0 bridgehead atoms. The first-order valence-corrected chi connectivity index (χ1v) is 5.63. The van der Waals surface area contributed by atoms with Gasteiger partial charge in [-0.1, -0.05) is 6.07 Å². The van der Waals surface area contributed by atoms with E-state index in [9.17, 15) is 9.18 Å². The summed E-state index contributed by atoms with van der Waals surface area (Å²) in [6, 6.07) is 4.59. The molecule has 1 saturated heterocycles. The zero-order valence-corrected chi connectivity index (χ0v) is 9.59. The van der Waals surface area contributed by atoms with Crippen molar-refractivity contribution in [3.63, 3.8) is 0 Å². The third-order valence-electron chi connectivity index (χ3n) is 3.33. The van der Waals surface area contributed by atoms with Crippen LogP contribution in [0.15, 0.2) is 18.2 Å². The Hall–Kier alpha value is -1.22. The number of hydrogen-bond acceptors (Lipinski definition) is 2. The highest BCUT2D eigenvalue weighted by Gasteiger charge is 2.30. The van der Waals surface area contributed by atoms with Gasteiger partial charge < -0.3 is 5.32 Å². The average molecular weight is 221 g/mol. The van der Waals surface area contributed by atoms with Crippen LogP contribution in [0.4, 0.5) is 4.39 Å². The number of Topliss-reactive ketones (excluding diaryl/α,β-unsaturated/α-hetero) is 1. The van der Waals surface area contributed by atoms with E-state index in [1.54, 1.807) is 6.07 Å². The van der Waals surface area contributed by atoms with Gasteiger partial charge in [-0.25, -0.2) is 4.39 Å². The molecule has 1 aliphatic heterocycles. The van der Waals surface area contributed by atoms with Gasteiger partial charge in [0, 0.05) is 17.5 Å². The van der Waals surface area contributed by atoms with E-state index < -0.39 is 0 Å². The van der Waals surface area contributed by atoms with Crippen molar-refractivity contribution >= 4 is 5.78 Å². The number of halogens is 1. The Kier molecular flexibility index (Phi) is 3.06. The van der Waals surface area contributed by atoms with Gasteiger partial charge >= 0.3 is 0 Å². The largest absolute Gasteiger partial charge is 0.313 e. The van der Waals surface area contributed by atoms with E-state index >= 15 is 0 Å². The van der Waals surface area contributed by atoms with E-state index in [1.807, 2.05) is 13.8 Å². The van der Waals surface area contributed by atoms with Gasteiger partial charge in [-0.3, -0.25) is 4.79 Å². The zero-order valence-electron chi connectivity index (χ0n) is 9.59. The van der Waals surface area contributed by atoms with Gasteiger partial charge in [0.2, 0.25) is 0 Å². The summed E-state index contributed by atoms with van der Waals surface area (Å²) in [4.78, 5) is 12.2. The molecule has 0 saturated carbocycles. The number of aryl methyl sites for hydroxylation is 1. The molecule has 0 amide bonds. The van der Waals surface area contributed by atoms with Crippen LogP contribution in [-0.2, 0) is 0 Å². The molecule has 3 heteroatoms. The van der Waals surface area contributed by atoms with E-state index in [4.69, 9.17) is 0 Å². The first-order valence-electron chi connectivity index (χ1n) is 5.63. The minimum absolute atomic E-state index is 0.0134. The van der Waals surface area contributed by atoms with Crippen molar-refractivity contribution < 1.29 is 9.18 Å². The molecule has 1 N–H and O–H groups in total. The second-order valence-corrected chi connectivity index (χ2v) is 4.46. The van der Waals surface area contributed by atoms with Gasteiger partial charge in [0.25, 0.3) is 0 Å². The van der Waals surface area contributed by atoms with E-state index in [2.05, 4.69) is 5.32 Å². The second kappa shape index (κ2) is 4.34. The Morgan fingerprint density at radius 2 is 2.25 bits per heavy atom.